The Morgan fingerprint density at radius 3 is 2.38 bits per heavy atom. The van der Waals surface area contributed by atoms with Gasteiger partial charge < -0.3 is 15.4 Å². The quantitative estimate of drug-likeness (QED) is 0.883. The van der Waals surface area contributed by atoms with E-state index in [1.165, 1.54) is 6.20 Å². The fraction of sp³-hybridized carbons (Fsp3) is 0.267. The normalized spacial score (nSPS) is 10.3. The second-order valence-corrected chi connectivity index (χ2v) is 4.77. The summed E-state index contributed by atoms with van der Waals surface area (Å²) in [5.41, 5.74) is 0.937. The van der Waals surface area contributed by atoms with Crippen LogP contribution in [0.5, 0.6) is 5.75 Å². The van der Waals surface area contributed by atoms with E-state index in [1.54, 1.807) is 37.6 Å². The topological polar surface area (TPSA) is 76.1 Å². The van der Waals surface area contributed by atoms with E-state index in [1.807, 2.05) is 13.8 Å². The molecule has 21 heavy (non-hydrogen) atoms. The van der Waals surface area contributed by atoms with Gasteiger partial charge in [-0.1, -0.05) is 0 Å². The number of anilines is 2. The van der Waals surface area contributed by atoms with Crippen molar-refractivity contribution in [3.63, 3.8) is 0 Å². The SMILES string of the molecule is COc1ccc(NC(=O)c2cnc(NC(C)C)cn2)cc1. The number of hydrogen-bond acceptors (Lipinski definition) is 5. The van der Waals surface area contributed by atoms with Crippen LogP contribution in [-0.2, 0) is 0 Å². The van der Waals surface area contributed by atoms with E-state index in [0.717, 1.165) is 5.75 Å². The van der Waals surface area contributed by atoms with Crippen molar-refractivity contribution in [2.45, 2.75) is 19.9 Å². The van der Waals surface area contributed by atoms with Crippen LogP contribution < -0.4 is 15.4 Å². The molecule has 0 fully saturated rings. The molecule has 1 aromatic heterocycles. The largest absolute Gasteiger partial charge is 0.497 e. The molecule has 0 spiro atoms. The number of carbonyl (C=O) groups excluding carboxylic acids is 1. The van der Waals surface area contributed by atoms with Crippen molar-refractivity contribution in [1.82, 2.24) is 9.97 Å². The lowest BCUT2D eigenvalue weighted by Crippen LogP contribution is -2.16. The molecule has 0 atom stereocenters. The number of amides is 1. The third-order valence-electron chi connectivity index (χ3n) is 2.67. The number of hydrogen-bond donors (Lipinski definition) is 2. The van der Waals surface area contributed by atoms with Gasteiger partial charge in [-0.2, -0.15) is 0 Å². The number of nitrogens with one attached hydrogen (secondary N) is 2. The van der Waals surface area contributed by atoms with Crippen LogP contribution in [0.2, 0.25) is 0 Å². The van der Waals surface area contributed by atoms with E-state index in [9.17, 15) is 4.79 Å². The lowest BCUT2D eigenvalue weighted by Gasteiger charge is -2.09. The zero-order valence-corrected chi connectivity index (χ0v) is 12.3. The molecule has 0 unspecified atom stereocenters. The Morgan fingerprint density at radius 2 is 1.86 bits per heavy atom. The van der Waals surface area contributed by atoms with E-state index < -0.39 is 0 Å². The average molecular weight is 286 g/mol. The van der Waals surface area contributed by atoms with Crippen molar-refractivity contribution >= 4 is 17.4 Å². The summed E-state index contributed by atoms with van der Waals surface area (Å²) in [7, 11) is 1.59. The van der Waals surface area contributed by atoms with E-state index in [4.69, 9.17) is 4.74 Å². The standard InChI is InChI=1S/C15H18N4O2/c1-10(2)18-14-9-16-13(8-17-14)15(20)19-11-4-6-12(21-3)7-5-11/h4-10H,1-3H3,(H,17,18)(H,19,20). The van der Waals surface area contributed by atoms with Crippen molar-refractivity contribution in [1.29, 1.82) is 0 Å². The van der Waals surface area contributed by atoms with Crippen molar-refractivity contribution in [2.24, 2.45) is 0 Å². The van der Waals surface area contributed by atoms with Gasteiger partial charge in [0.2, 0.25) is 0 Å². The van der Waals surface area contributed by atoms with Crippen molar-refractivity contribution in [3.8, 4) is 5.75 Å². The summed E-state index contributed by atoms with van der Waals surface area (Å²) in [4.78, 5) is 20.3. The zero-order valence-electron chi connectivity index (χ0n) is 12.3. The van der Waals surface area contributed by atoms with Gasteiger partial charge in [-0.25, -0.2) is 9.97 Å². The maximum absolute atomic E-state index is 12.0. The van der Waals surface area contributed by atoms with Crippen LogP contribution in [0.15, 0.2) is 36.7 Å². The predicted octanol–water partition coefficient (Wildman–Crippen LogP) is 2.56. The first-order valence-corrected chi connectivity index (χ1v) is 6.62. The predicted molar refractivity (Wildman–Crippen MR) is 81.7 cm³/mol. The number of rotatable bonds is 5. The Kier molecular flexibility index (Phi) is 4.71. The van der Waals surface area contributed by atoms with Gasteiger partial charge in [0.15, 0.2) is 0 Å². The molecule has 2 aromatic rings. The van der Waals surface area contributed by atoms with Crippen LogP contribution in [0.25, 0.3) is 0 Å². The Labute approximate surface area is 123 Å². The molecule has 0 aliphatic rings. The number of ether oxygens (including phenoxy) is 1. The van der Waals surface area contributed by atoms with Gasteiger partial charge in [-0.15, -0.1) is 0 Å². The van der Waals surface area contributed by atoms with Gasteiger partial charge in [0.05, 0.1) is 19.5 Å². The highest BCUT2D eigenvalue weighted by Crippen LogP contribution is 2.15. The van der Waals surface area contributed by atoms with E-state index >= 15 is 0 Å². The summed E-state index contributed by atoms with van der Waals surface area (Å²) in [6.07, 6.45) is 2.99. The molecule has 2 rings (SSSR count). The van der Waals surface area contributed by atoms with E-state index in [0.29, 0.717) is 11.5 Å². The molecule has 0 aliphatic heterocycles. The van der Waals surface area contributed by atoms with Gasteiger partial charge >= 0.3 is 0 Å². The molecule has 0 bridgehead atoms. The van der Waals surface area contributed by atoms with Crippen LogP contribution in [0.3, 0.4) is 0 Å². The summed E-state index contributed by atoms with van der Waals surface area (Å²) in [6, 6.07) is 7.34. The minimum atomic E-state index is -0.302. The number of nitrogens with zero attached hydrogens (tertiary/aromatic N) is 2. The lowest BCUT2D eigenvalue weighted by molar-refractivity contribution is 0.102. The second kappa shape index (κ2) is 6.69. The number of aromatic nitrogens is 2. The van der Waals surface area contributed by atoms with Crippen LogP contribution in [0.1, 0.15) is 24.3 Å². The Hall–Kier alpha value is -2.63. The highest BCUT2D eigenvalue weighted by atomic mass is 16.5. The molecule has 0 aliphatic carbocycles. The first-order chi connectivity index (χ1) is 10.1. The van der Waals surface area contributed by atoms with Crippen LogP contribution in [0, 0.1) is 0 Å². The van der Waals surface area contributed by atoms with Crippen molar-refractivity contribution in [2.75, 3.05) is 17.7 Å². The molecule has 110 valence electrons. The molecule has 1 amide bonds. The smallest absolute Gasteiger partial charge is 0.275 e. The third-order valence-corrected chi connectivity index (χ3v) is 2.67. The molecular formula is C15H18N4O2. The van der Waals surface area contributed by atoms with Gasteiger partial charge in [-0.3, -0.25) is 4.79 Å². The Bertz CT molecular complexity index is 594. The fourth-order valence-electron chi connectivity index (χ4n) is 1.69. The summed E-state index contributed by atoms with van der Waals surface area (Å²) in [5, 5.41) is 5.87. The molecule has 0 saturated carbocycles. The average Bonchev–Trinajstić information content (AvgIpc) is 2.48. The summed E-state index contributed by atoms with van der Waals surface area (Å²) < 4.78 is 5.06. The zero-order chi connectivity index (χ0) is 15.2. The van der Waals surface area contributed by atoms with Crippen LogP contribution in [-0.4, -0.2) is 29.0 Å². The van der Waals surface area contributed by atoms with E-state index in [2.05, 4.69) is 20.6 Å². The van der Waals surface area contributed by atoms with Crippen molar-refractivity contribution in [3.05, 3.63) is 42.4 Å². The molecular weight excluding hydrogens is 268 g/mol. The van der Waals surface area contributed by atoms with Gasteiger partial charge in [0.25, 0.3) is 5.91 Å². The molecule has 6 nitrogen and oxygen atoms in total. The summed E-state index contributed by atoms with van der Waals surface area (Å²) >= 11 is 0. The first-order valence-electron chi connectivity index (χ1n) is 6.62. The minimum absolute atomic E-state index is 0.262. The maximum atomic E-state index is 12.0. The molecule has 1 heterocycles. The summed E-state index contributed by atoms with van der Waals surface area (Å²) in [5.74, 6) is 1.08. The van der Waals surface area contributed by atoms with Crippen molar-refractivity contribution < 1.29 is 9.53 Å². The Morgan fingerprint density at radius 1 is 1.14 bits per heavy atom. The number of carbonyl (C=O) groups is 1. The van der Waals surface area contributed by atoms with Gasteiger partial charge in [0, 0.05) is 11.7 Å². The van der Waals surface area contributed by atoms with Crippen LogP contribution in [0.4, 0.5) is 11.5 Å². The molecule has 2 N–H and O–H groups in total. The number of methoxy groups -OCH3 is 1. The monoisotopic (exact) mass is 286 g/mol. The molecule has 0 saturated heterocycles. The third kappa shape index (κ3) is 4.17. The van der Waals surface area contributed by atoms with Gasteiger partial charge in [-0.05, 0) is 38.1 Å². The molecule has 6 heteroatoms. The van der Waals surface area contributed by atoms with E-state index in [-0.39, 0.29) is 17.6 Å². The van der Waals surface area contributed by atoms with Gasteiger partial charge in [0.1, 0.15) is 17.3 Å². The first kappa shape index (κ1) is 14.8. The minimum Gasteiger partial charge on any atom is -0.497 e. The summed E-state index contributed by atoms with van der Waals surface area (Å²) in [6.45, 7) is 4.01. The maximum Gasteiger partial charge on any atom is 0.275 e. The Balaban J connectivity index is 2.02. The number of benzene rings is 1. The van der Waals surface area contributed by atoms with Crippen LogP contribution >= 0.6 is 0 Å². The molecule has 1 aromatic carbocycles. The fourth-order valence-corrected chi connectivity index (χ4v) is 1.69. The lowest BCUT2D eigenvalue weighted by atomic mass is 10.3. The molecule has 0 radical (unpaired) electrons. The highest BCUT2D eigenvalue weighted by Gasteiger charge is 2.09. The second-order valence-electron chi connectivity index (χ2n) is 4.77. The highest BCUT2D eigenvalue weighted by molar-refractivity contribution is 6.02.